The summed E-state index contributed by atoms with van der Waals surface area (Å²) in [6.07, 6.45) is 16.7. The summed E-state index contributed by atoms with van der Waals surface area (Å²) in [5.74, 6) is 3.20. The summed E-state index contributed by atoms with van der Waals surface area (Å²) in [4.78, 5) is 12.4. The Morgan fingerprint density at radius 2 is 1.57 bits per heavy atom. The highest BCUT2D eigenvalue weighted by Crippen LogP contribution is 2.38. The molecule has 156 valence electrons. The minimum atomic E-state index is -0.0248. The smallest absolute Gasteiger partial charge is 0.314 e. The van der Waals surface area contributed by atoms with Crippen LogP contribution < -0.4 is 4.74 Å². The van der Waals surface area contributed by atoms with E-state index in [0.29, 0.717) is 5.92 Å². The molecule has 0 heterocycles. The van der Waals surface area contributed by atoms with E-state index < -0.39 is 0 Å². The van der Waals surface area contributed by atoms with Crippen LogP contribution in [0.2, 0.25) is 0 Å². The zero-order chi connectivity index (χ0) is 19.8. The number of hydrogen-bond acceptors (Lipinski definition) is 2. The van der Waals surface area contributed by atoms with Gasteiger partial charge in [-0.1, -0.05) is 58.1 Å². The first-order valence-electron chi connectivity index (χ1n) is 12.0. The normalized spacial score (nSPS) is 28.1. The van der Waals surface area contributed by atoms with Gasteiger partial charge in [-0.15, -0.1) is 0 Å². The topological polar surface area (TPSA) is 26.3 Å². The van der Waals surface area contributed by atoms with E-state index in [1.54, 1.807) is 0 Å². The van der Waals surface area contributed by atoms with E-state index in [9.17, 15) is 4.79 Å². The molecule has 0 radical (unpaired) electrons. The molecule has 1 aromatic carbocycles. The molecule has 0 aliphatic heterocycles. The maximum absolute atomic E-state index is 12.4. The Bertz CT molecular complexity index is 575. The Balaban J connectivity index is 1.41. The van der Waals surface area contributed by atoms with Gasteiger partial charge in [0.1, 0.15) is 5.75 Å². The first-order valence-corrected chi connectivity index (χ1v) is 12.0. The van der Waals surface area contributed by atoms with Crippen molar-refractivity contribution in [3.05, 3.63) is 29.8 Å². The van der Waals surface area contributed by atoms with Gasteiger partial charge in [-0.3, -0.25) is 4.79 Å². The molecule has 2 saturated carbocycles. The summed E-state index contributed by atoms with van der Waals surface area (Å²) in [6.45, 7) is 4.56. The molecule has 3 rings (SSSR count). The molecule has 0 unspecified atom stereocenters. The molecule has 0 aromatic heterocycles. The van der Waals surface area contributed by atoms with E-state index in [-0.39, 0.29) is 11.9 Å². The highest BCUT2D eigenvalue weighted by molar-refractivity contribution is 5.75. The predicted octanol–water partition coefficient (Wildman–Crippen LogP) is 7.66. The first kappa shape index (κ1) is 21.4. The maximum atomic E-state index is 12.4. The summed E-state index contributed by atoms with van der Waals surface area (Å²) in [6, 6.07) is 8.40. The van der Waals surface area contributed by atoms with Crippen LogP contribution in [-0.2, 0) is 4.79 Å². The lowest BCUT2D eigenvalue weighted by Crippen LogP contribution is -2.24. The summed E-state index contributed by atoms with van der Waals surface area (Å²) in [5.41, 5.74) is 1.43. The quantitative estimate of drug-likeness (QED) is 0.261. The van der Waals surface area contributed by atoms with E-state index in [1.807, 2.05) is 12.1 Å². The van der Waals surface area contributed by atoms with Gasteiger partial charge < -0.3 is 4.74 Å². The molecule has 0 bridgehead atoms. The molecule has 2 heteroatoms. The number of carbonyl (C=O) groups excluding carboxylic acids is 1. The van der Waals surface area contributed by atoms with Gasteiger partial charge in [-0.05, 0) is 86.8 Å². The second kappa shape index (κ2) is 11.0. The third-order valence-electron chi connectivity index (χ3n) is 7.23. The molecular formula is C26H40O2. The molecule has 0 spiro atoms. The average Bonchev–Trinajstić information content (AvgIpc) is 2.73. The summed E-state index contributed by atoms with van der Waals surface area (Å²) in [5, 5.41) is 0. The molecule has 0 N–H and O–H groups in total. The van der Waals surface area contributed by atoms with Crippen LogP contribution in [-0.4, -0.2) is 5.97 Å². The van der Waals surface area contributed by atoms with Gasteiger partial charge in [-0.25, -0.2) is 0 Å². The molecule has 2 nitrogen and oxygen atoms in total. The third-order valence-corrected chi connectivity index (χ3v) is 7.23. The lowest BCUT2D eigenvalue weighted by atomic mass is 9.77. The van der Waals surface area contributed by atoms with Crippen LogP contribution in [0.4, 0.5) is 0 Å². The molecular weight excluding hydrogens is 344 g/mol. The maximum Gasteiger partial charge on any atom is 0.314 e. The van der Waals surface area contributed by atoms with Gasteiger partial charge >= 0.3 is 5.97 Å². The lowest BCUT2D eigenvalue weighted by molar-refractivity contribution is -0.140. The fourth-order valence-corrected chi connectivity index (χ4v) is 5.15. The second-order valence-electron chi connectivity index (χ2n) is 9.51. The number of esters is 1. The van der Waals surface area contributed by atoms with Crippen molar-refractivity contribution in [1.82, 2.24) is 0 Å². The largest absolute Gasteiger partial charge is 0.426 e. The van der Waals surface area contributed by atoms with E-state index in [4.69, 9.17) is 4.74 Å². The second-order valence-corrected chi connectivity index (χ2v) is 9.51. The van der Waals surface area contributed by atoms with Crippen LogP contribution >= 0.6 is 0 Å². The highest BCUT2D eigenvalue weighted by atomic mass is 16.5. The molecule has 28 heavy (non-hydrogen) atoms. The minimum Gasteiger partial charge on any atom is -0.426 e. The predicted molar refractivity (Wildman–Crippen MR) is 117 cm³/mol. The van der Waals surface area contributed by atoms with Crippen LogP contribution in [0.3, 0.4) is 0 Å². The SMILES string of the molecule is CCCCCCC1CCC(c2ccc(OC(=O)C3CCC(C)CC3)cc2)CC1. The average molecular weight is 385 g/mol. The zero-order valence-electron chi connectivity index (χ0n) is 18.1. The Labute approximate surface area is 172 Å². The van der Waals surface area contributed by atoms with Crippen LogP contribution in [0.25, 0.3) is 0 Å². The van der Waals surface area contributed by atoms with E-state index in [2.05, 4.69) is 26.0 Å². The summed E-state index contributed by atoms with van der Waals surface area (Å²) < 4.78 is 5.67. The highest BCUT2D eigenvalue weighted by Gasteiger charge is 2.26. The van der Waals surface area contributed by atoms with Crippen LogP contribution in [0.15, 0.2) is 24.3 Å². The molecule has 1 aromatic rings. The fraction of sp³-hybridized carbons (Fsp3) is 0.731. The fourth-order valence-electron chi connectivity index (χ4n) is 5.15. The minimum absolute atomic E-state index is 0.0248. The van der Waals surface area contributed by atoms with Gasteiger partial charge in [0.25, 0.3) is 0 Å². The zero-order valence-corrected chi connectivity index (χ0v) is 18.1. The van der Waals surface area contributed by atoms with Crippen molar-refractivity contribution in [1.29, 1.82) is 0 Å². The Morgan fingerprint density at radius 1 is 0.893 bits per heavy atom. The van der Waals surface area contributed by atoms with E-state index in [1.165, 1.54) is 63.4 Å². The lowest BCUT2D eigenvalue weighted by Gasteiger charge is -2.29. The number of carbonyl (C=O) groups is 1. The Kier molecular flexibility index (Phi) is 8.43. The third kappa shape index (κ3) is 6.36. The number of benzene rings is 1. The van der Waals surface area contributed by atoms with Crippen LogP contribution in [0.1, 0.15) is 109 Å². The first-order chi connectivity index (χ1) is 13.7. The molecule has 0 saturated heterocycles. The van der Waals surface area contributed by atoms with Crippen molar-refractivity contribution >= 4 is 5.97 Å². The van der Waals surface area contributed by atoms with Crippen molar-refractivity contribution in [2.45, 2.75) is 103 Å². The number of hydrogen-bond donors (Lipinski definition) is 0. The molecule has 2 aliphatic rings. The molecule has 2 aliphatic carbocycles. The summed E-state index contributed by atoms with van der Waals surface area (Å²) in [7, 11) is 0. The van der Waals surface area contributed by atoms with Crippen molar-refractivity contribution in [2.24, 2.45) is 17.8 Å². The monoisotopic (exact) mass is 384 g/mol. The van der Waals surface area contributed by atoms with Gasteiger partial charge in [-0.2, -0.15) is 0 Å². The van der Waals surface area contributed by atoms with Crippen molar-refractivity contribution in [3.8, 4) is 5.75 Å². The van der Waals surface area contributed by atoms with E-state index in [0.717, 1.165) is 43.3 Å². The number of rotatable bonds is 8. The van der Waals surface area contributed by atoms with Gasteiger partial charge in [0.05, 0.1) is 5.92 Å². The molecule has 0 amide bonds. The van der Waals surface area contributed by atoms with Gasteiger partial charge in [0.15, 0.2) is 0 Å². The van der Waals surface area contributed by atoms with Gasteiger partial charge in [0.2, 0.25) is 0 Å². The van der Waals surface area contributed by atoms with E-state index >= 15 is 0 Å². The molecule has 0 atom stereocenters. The molecule has 2 fully saturated rings. The number of unbranched alkanes of at least 4 members (excludes halogenated alkanes) is 3. The Hall–Kier alpha value is -1.31. The summed E-state index contributed by atoms with van der Waals surface area (Å²) >= 11 is 0. The van der Waals surface area contributed by atoms with Crippen molar-refractivity contribution in [2.75, 3.05) is 0 Å². The van der Waals surface area contributed by atoms with Crippen LogP contribution in [0.5, 0.6) is 5.75 Å². The Morgan fingerprint density at radius 3 is 2.21 bits per heavy atom. The van der Waals surface area contributed by atoms with Crippen LogP contribution in [0, 0.1) is 17.8 Å². The number of ether oxygens (including phenoxy) is 1. The standard InChI is InChI=1S/C26H40O2/c1-3-4-5-6-7-21-10-14-22(15-11-21)23-16-18-25(19-17-23)28-26(27)24-12-8-20(2)9-13-24/h16-22,24H,3-15H2,1-2H3. The van der Waals surface area contributed by atoms with Gasteiger partial charge in [0, 0.05) is 0 Å². The van der Waals surface area contributed by atoms with Crippen molar-refractivity contribution < 1.29 is 9.53 Å². The van der Waals surface area contributed by atoms with Crippen molar-refractivity contribution in [3.63, 3.8) is 0 Å².